The second-order valence-electron chi connectivity index (χ2n) is 8.99. The van der Waals surface area contributed by atoms with Gasteiger partial charge >= 0.3 is 0 Å². The average molecular weight is 479 g/mol. The summed E-state index contributed by atoms with van der Waals surface area (Å²) in [4.78, 5) is 21.9. The smallest absolute Gasteiger partial charge is 0.295 e. The maximum Gasteiger partial charge on any atom is 0.295 e. The van der Waals surface area contributed by atoms with Crippen LogP contribution in [0.4, 0.5) is 6.01 Å². The summed E-state index contributed by atoms with van der Waals surface area (Å²) < 4.78 is 5.82. The number of likely N-dealkylation sites (tertiary alicyclic amines) is 1. The highest BCUT2D eigenvalue weighted by atomic mass is 35.5. The first-order valence-electron chi connectivity index (χ1n) is 11.5. The fraction of sp³-hybridized carbons (Fsp3) is 0.360. The number of amides is 1. The van der Waals surface area contributed by atoms with Crippen LogP contribution >= 0.6 is 11.6 Å². The molecule has 2 aromatic carbocycles. The maximum absolute atomic E-state index is 13.9. The van der Waals surface area contributed by atoms with E-state index in [1.165, 1.54) is 4.80 Å². The van der Waals surface area contributed by atoms with Crippen molar-refractivity contribution in [3.05, 3.63) is 64.4 Å². The Hall–Kier alpha value is -3.39. The van der Waals surface area contributed by atoms with Gasteiger partial charge in [-0.05, 0) is 62.9 Å². The van der Waals surface area contributed by atoms with Crippen LogP contribution < -0.4 is 5.32 Å². The van der Waals surface area contributed by atoms with Gasteiger partial charge in [-0.2, -0.15) is 20.0 Å². The van der Waals surface area contributed by atoms with Gasteiger partial charge < -0.3 is 14.6 Å². The molecule has 3 heterocycles. The number of oxazole rings is 1. The van der Waals surface area contributed by atoms with Gasteiger partial charge in [-0.3, -0.25) is 4.79 Å². The molecular formula is C25H27ClN6O2. The van der Waals surface area contributed by atoms with Crippen LogP contribution in [0.2, 0.25) is 5.02 Å². The number of aryl methyl sites for hydroxylation is 2. The fourth-order valence-electron chi connectivity index (χ4n) is 4.59. The van der Waals surface area contributed by atoms with Crippen molar-refractivity contribution in [3.63, 3.8) is 0 Å². The van der Waals surface area contributed by atoms with Gasteiger partial charge in [0.05, 0.1) is 29.2 Å². The van der Waals surface area contributed by atoms with Gasteiger partial charge in [0.25, 0.3) is 11.9 Å². The first-order valence-corrected chi connectivity index (χ1v) is 11.9. The molecule has 1 aliphatic rings. The number of benzene rings is 2. The highest BCUT2D eigenvalue weighted by Crippen LogP contribution is 2.28. The zero-order valence-corrected chi connectivity index (χ0v) is 20.2. The minimum absolute atomic E-state index is 0.0134. The van der Waals surface area contributed by atoms with Gasteiger partial charge in [-0.1, -0.05) is 30.2 Å². The molecule has 0 bridgehead atoms. The third-order valence-corrected chi connectivity index (χ3v) is 6.63. The van der Waals surface area contributed by atoms with Gasteiger partial charge in [0, 0.05) is 18.1 Å². The van der Waals surface area contributed by atoms with E-state index in [2.05, 4.69) is 27.4 Å². The van der Waals surface area contributed by atoms with Crippen LogP contribution in [0.5, 0.6) is 0 Å². The molecule has 4 aromatic rings. The molecule has 0 saturated carbocycles. The fourth-order valence-corrected chi connectivity index (χ4v) is 4.75. The molecule has 1 aliphatic heterocycles. The predicted octanol–water partition coefficient (Wildman–Crippen LogP) is 5.03. The highest BCUT2D eigenvalue weighted by molar-refractivity contribution is 6.31. The number of halogens is 1. The number of aromatic nitrogens is 4. The third kappa shape index (κ3) is 4.37. The monoisotopic (exact) mass is 478 g/mol. The number of fused-ring (bicyclic) bond motifs is 1. The number of carbonyl (C=O) groups is 1. The largest absolute Gasteiger partial charge is 0.424 e. The molecule has 1 N–H and O–H groups in total. The van der Waals surface area contributed by atoms with Crippen molar-refractivity contribution >= 4 is 34.6 Å². The molecule has 0 radical (unpaired) electrons. The molecule has 34 heavy (non-hydrogen) atoms. The number of piperidine rings is 1. The van der Waals surface area contributed by atoms with Gasteiger partial charge in [-0.15, -0.1) is 0 Å². The van der Waals surface area contributed by atoms with E-state index in [1.54, 1.807) is 24.4 Å². The number of anilines is 1. The van der Waals surface area contributed by atoms with Crippen molar-refractivity contribution in [2.75, 3.05) is 18.4 Å². The summed E-state index contributed by atoms with van der Waals surface area (Å²) in [5.41, 5.74) is 4.47. The number of carbonyl (C=O) groups excluding carboxylic acids is 1. The summed E-state index contributed by atoms with van der Waals surface area (Å²) in [6.07, 6.45) is 3.71. The molecule has 2 atom stereocenters. The molecule has 2 aromatic heterocycles. The summed E-state index contributed by atoms with van der Waals surface area (Å²) in [7, 11) is 0. The molecule has 1 fully saturated rings. The van der Waals surface area contributed by atoms with E-state index in [1.807, 2.05) is 36.9 Å². The summed E-state index contributed by atoms with van der Waals surface area (Å²) in [6, 6.07) is 11.6. The van der Waals surface area contributed by atoms with Crippen molar-refractivity contribution in [3.8, 4) is 5.69 Å². The van der Waals surface area contributed by atoms with E-state index in [0.717, 1.165) is 24.1 Å². The van der Waals surface area contributed by atoms with E-state index in [0.29, 0.717) is 52.4 Å². The summed E-state index contributed by atoms with van der Waals surface area (Å²) in [5, 5.41) is 12.7. The lowest BCUT2D eigenvalue weighted by Gasteiger charge is -2.40. The van der Waals surface area contributed by atoms with Gasteiger partial charge in [-0.25, -0.2) is 0 Å². The third-order valence-electron chi connectivity index (χ3n) is 6.39. The topological polar surface area (TPSA) is 89.1 Å². The first kappa shape index (κ1) is 22.4. The van der Waals surface area contributed by atoms with Crippen molar-refractivity contribution in [1.29, 1.82) is 0 Å². The lowest BCUT2D eigenvalue weighted by atomic mass is 9.90. The number of nitrogens with zero attached hydrogens (tertiary/aromatic N) is 5. The minimum Gasteiger partial charge on any atom is -0.424 e. The molecule has 1 saturated heterocycles. The zero-order valence-electron chi connectivity index (χ0n) is 19.5. The van der Waals surface area contributed by atoms with Crippen LogP contribution in [0.15, 0.2) is 47.0 Å². The Morgan fingerprint density at radius 3 is 2.88 bits per heavy atom. The predicted molar refractivity (Wildman–Crippen MR) is 132 cm³/mol. The Bertz CT molecular complexity index is 1350. The van der Waals surface area contributed by atoms with Gasteiger partial charge in [0.15, 0.2) is 5.58 Å². The van der Waals surface area contributed by atoms with Crippen LogP contribution in [0.25, 0.3) is 16.8 Å². The average Bonchev–Trinajstić information content (AvgIpc) is 3.43. The molecule has 176 valence electrons. The Balaban J connectivity index is 1.41. The summed E-state index contributed by atoms with van der Waals surface area (Å²) in [5.74, 6) is 0.304. The van der Waals surface area contributed by atoms with Crippen molar-refractivity contribution in [2.45, 2.75) is 39.7 Å². The van der Waals surface area contributed by atoms with Crippen molar-refractivity contribution < 1.29 is 9.21 Å². The van der Waals surface area contributed by atoms with Crippen LogP contribution in [0.3, 0.4) is 0 Å². The Morgan fingerprint density at radius 2 is 2.09 bits per heavy atom. The maximum atomic E-state index is 13.9. The standard InChI is InChI=1S/C25H27ClN6O2/c1-15-6-8-21(32-28-13-17(3)30-32)19(11-15)24(33)31-10-4-5-16(2)22(31)14-27-25-29-20-12-18(26)7-9-23(20)34-25/h6-9,11-13,16,22H,4-5,10,14H2,1-3H3,(H,27,29)/t16-,22?/m1/s1. The lowest BCUT2D eigenvalue weighted by molar-refractivity contribution is 0.0539. The van der Waals surface area contributed by atoms with E-state index < -0.39 is 0 Å². The Kier molecular flexibility index (Phi) is 6.00. The summed E-state index contributed by atoms with van der Waals surface area (Å²) in [6.45, 7) is 7.28. The number of hydrogen-bond acceptors (Lipinski definition) is 6. The second-order valence-corrected chi connectivity index (χ2v) is 9.43. The lowest BCUT2D eigenvalue weighted by Crippen LogP contribution is -2.51. The van der Waals surface area contributed by atoms with E-state index in [9.17, 15) is 4.79 Å². The highest BCUT2D eigenvalue weighted by Gasteiger charge is 2.34. The van der Waals surface area contributed by atoms with Crippen LogP contribution in [-0.4, -0.2) is 49.9 Å². The number of rotatable bonds is 5. The van der Waals surface area contributed by atoms with Gasteiger partial charge in [0.1, 0.15) is 5.52 Å². The molecule has 0 spiro atoms. The number of nitrogens with one attached hydrogen (secondary N) is 1. The quantitative estimate of drug-likeness (QED) is 0.432. The van der Waals surface area contributed by atoms with E-state index >= 15 is 0 Å². The minimum atomic E-state index is -0.0173. The Labute approximate surface area is 202 Å². The molecule has 1 unspecified atom stereocenters. The zero-order chi connectivity index (χ0) is 23.8. The van der Waals surface area contributed by atoms with Crippen LogP contribution in [-0.2, 0) is 0 Å². The molecule has 0 aliphatic carbocycles. The van der Waals surface area contributed by atoms with Crippen LogP contribution in [0, 0.1) is 19.8 Å². The molecule has 8 nitrogen and oxygen atoms in total. The normalized spacial score (nSPS) is 18.4. The Morgan fingerprint density at radius 1 is 1.24 bits per heavy atom. The first-order chi connectivity index (χ1) is 16.4. The van der Waals surface area contributed by atoms with Crippen LogP contribution in [0.1, 0.15) is 41.4 Å². The van der Waals surface area contributed by atoms with Crippen molar-refractivity contribution in [2.24, 2.45) is 5.92 Å². The molecule has 1 amide bonds. The SMILES string of the molecule is Cc1ccc(-n2ncc(C)n2)c(C(=O)N2CCC[C@@H](C)C2CNc2nc3cc(Cl)ccc3o2)c1. The summed E-state index contributed by atoms with van der Waals surface area (Å²) >= 11 is 6.07. The van der Waals surface area contributed by atoms with E-state index in [-0.39, 0.29) is 11.9 Å². The number of hydrogen-bond donors (Lipinski definition) is 1. The molecule has 5 rings (SSSR count). The van der Waals surface area contributed by atoms with E-state index in [4.69, 9.17) is 16.0 Å². The molecular weight excluding hydrogens is 452 g/mol. The van der Waals surface area contributed by atoms with Gasteiger partial charge in [0.2, 0.25) is 0 Å². The second kappa shape index (κ2) is 9.10. The molecule has 9 heteroatoms. The van der Waals surface area contributed by atoms with Crippen molar-refractivity contribution in [1.82, 2.24) is 24.9 Å².